The average Bonchev–Trinajstić information content (AvgIpc) is 3.08. The van der Waals surface area contributed by atoms with Gasteiger partial charge in [0.2, 0.25) is 0 Å². The molecule has 2 aromatic rings. The number of hydrogen-bond donors (Lipinski definition) is 1. The molecule has 0 bridgehead atoms. The summed E-state index contributed by atoms with van der Waals surface area (Å²) in [6.07, 6.45) is 5.67. The van der Waals surface area contributed by atoms with Gasteiger partial charge in [-0.15, -0.1) is 5.10 Å². The molecule has 0 saturated heterocycles. The fourth-order valence-corrected chi connectivity index (χ4v) is 2.24. The second-order valence-electron chi connectivity index (χ2n) is 4.06. The van der Waals surface area contributed by atoms with Gasteiger partial charge in [0.25, 0.3) is 5.19 Å². The molecule has 2 aromatic heterocycles. The highest BCUT2D eigenvalue weighted by Gasteiger charge is 2.20. The van der Waals surface area contributed by atoms with E-state index < -0.39 is 0 Å². The number of nitrogens with one attached hydrogen (secondary N) is 1. The summed E-state index contributed by atoms with van der Waals surface area (Å²) in [5.74, 6) is 0.570. The summed E-state index contributed by atoms with van der Waals surface area (Å²) >= 11 is 7.25. The monoisotopic (exact) mass is 282 g/mol. The number of hydrogen-bond acceptors (Lipinski definition) is 6. The Hall–Kier alpha value is -1.24. The van der Waals surface area contributed by atoms with Crippen LogP contribution in [-0.2, 0) is 6.54 Å². The quantitative estimate of drug-likeness (QED) is 0.913. The van der Waals surface area contributed by atoms with Gasteiger partial charge in [0.05, 0.1) is 17.8 Å². The molecule has 1 aliphatic carbocycles. The van der Waals surface area contributed by atoms with Gasteiger partial charge in [-0.1, -0.05) is 28.0 Å². The zero-order chi connectivity index (χ0) is 12.4. The molecule has 0 atom stereocenters. The summed E-state index contributed by atoms with van der Waals surface area (Å²) in [5.41, 5.74) is 0. The van der Waals surface area contributed by atoms with Crippen molar-refractivity contribution < 1.29 is 4.74 Å². The first-order valence-electron chi connectivity index (χ1n) is 5.64. The van der Waals surface area contributed by atoms with Crippen molar-refractivity contribution in [2.24, 2.45) is 0 Å². The van der Waals surface area contributed by atoms with Crippen LogP contribution in [0.3, 0.4) is 0 Å². The summed E-state index contributed by atoms with van der Waals surface area (Å²) in [4.78, 5) is 3.94. The third kappa shape index (κ3) is 3.16. The van der Waals surface area contributed by atoms with Gasteiger partial charge < -0.3 is 10.1 Å². The van der Waals surface area contributed by atoms with Crippen molar-refractivity contribution in [2.75, 3.05) is 0 Å². The average molecular weight is 283 g/mol. The largest absolute Gasteiger partial charge is 0.428 e. The van der Waals surface area contributed by atoms with Crippen molar-refractivity contribution >= 4 is 22.9 Å². The standard InChI is InChI=1S/C11H11ClN4OS/c12-7-3-9(5-13-4-7)17-11-16-15-10(18-11)6-14-8-1-2-8/h3-5,8,14H,1-2,6H2. The lowest BCUT2D eigenvalue weighted by molar-refractivity contribution is 0.470. The van der Waals surface area contributed by atoms with E-state index in [1.165, 1.54) is 24.2 Å². The molecule has 1 aliphatic rings. The first-order valence-corrected chi connectivity index (χ1v) is 6.83. The van der Waals surface area contributed by atoms with E-state index in [-0.39, 0.29) is 0 Å². The molecular weight excluding hydrogens is 272 g/mol. The lowest BCUT2D eigenvalue weighted by Gasteiger charge is -1.99. The minimum atomic E-state index is 0.506. The molecule has 0 spiro atoms. The smallest absolute Gasteiger partial charge is 0.299 e. The molecule has 5 nitrogen and oxygen atoms in total. The first-order chi connectivity index (χ1) is 8.79. The summed E-state index contributed by atoms with van der Waals surface area (Å²) in [5, 5.41) is 13.4. The van der Waals surface area contributed by atoms with Gasteiger partial charge in [0.1, 0.15) is 10.8 Å². The number of nitrogens with zero attached hydrogens (tertiary/aromatic N) is 3. The fraction of sp³-hybridized carbons (Fsp3) is 0.364. The molecule has 0 unspecified atom stereocenters. The molecule has 1 saturated carbocycles. The van der Waals surface area contributed by atoms with E-state index in [4.69, 9.17) is 16.3 Å². The molecule has 0 amide bonds. The Bertz CT molecular complexity index is 543. The molecule has 3 rings (SSSR count). The van der Waals surface area contributed by atoms with E-state index in [1.807, 2.05) is 0 Å². The molecule has 0 aliphatic heterocycles. The lowest BCUT2D eigenvalue weighted by Crippen LogP contribution is -2.14. The number of ether oxygens (including phenoxy) is 1. The first kappa shape index (κ1) is 11.8. The van der Waals surface area contributed by atoms with Gasteiger partial charge in [-0.3, -0.25) is 4.98 Å². The van der Waals surface area contributed by atoms with Gasteiger partial charge >= 0.3 is 0 Å². The van der Waals surface area contributed by atoms with Gasteiger partial charge in [0, 0.05) is 18.3 Å². The van der Waals surface area contributed by atoms with Crippen LogP contribution in [0.1, 0.15) is 17.8 Å². The van der Waals surface area contributed by atoms with Gasteiger partial charge in [0.15, 0.2) is 0 Å². The van der Waals surface area contributed by atoms with Crippen LogP contribution >= 0.6 is 22.9 Å². The highest BCUT2D eigenvalue weighted by atomic mass is 35.5. The highest BCUT2D eigenvalue weighted by Crippen LogP contribution is 2.26. The van der Waals surface area contributed by atoms with Crippen LogP contribution in [0.5, 0.6) is 10.9 Å². The predicted octanol–water partition coefficient (Wildman–Crippen LogP) is 2.63. The SMILES string of the molecule is Clc1cncc(Oc2nnc(CNC3CC3)s2)c1. The fourth-order valence-electron chi connectivity index (χ4n) is 1.42. The maximum absolute atomic E-state index is 5.82. The molecule has 2 heterocycles. The molecule has 18 heavy (non-hydrogen) atoms. The van der Waals surface area contributed by atoms with E-state index in [0.717, 1.165) is 11.6 Å². The third-order valence-electron chi connectivity index (χ3n) is 2.45. The Morgan fingerprint density at radius 1 is 1.39 bits per heavy atom. The van der Waals surface area contributed by atoms with E-state index in [1.54, 1.807) is 18.5 Å². The summed E-state index contributed by atoms with van der Waals surface area (Å²) in [6.45, 7) is 0.749. The Kier molecular flexibility index (Phi) is 3.40. The van der Waals surface area contributed by atoms with E-state index in [0.29, 0.717) is 22.0 Å². The number of pyridine rings is 1. The number of aromatic nitrogens is 3. The van der Waals surface area contributed by atoms with Crippen LogP contribution < -0.4 is 10.1 Å². The molecule has 0 radical (unpaired) electrons. The van der Waals surface area contributed by atoms with Crippen molar-refractivity contribution in [3.8, 4) is 10.9 Å². The number of rotatable bonds is 5. The maximum Gasteiger partial charge on any atom is 0.299 e. The van der Waals surface area contributed by atoms with Crippen molar-refractivity contribution in [1.29, 1.82) is 0 Å². The van der Waals surface area contributed by atoms with Gasteiger partial charge in [-0.25, -0.2) is 0 Å². The zero-order valence-corrected chi connectivity index (χ0v) is 11.0. The van der Waals surface area contributed by atoms with Crippen LogP contribution in [0.25, 0.3) is 0 Å². The molecule has 1 N–H and O–H groups in total. The Balaban J connectivity index is 1.61. The molecular formula is C11H11ClN4OS. The van der Waals surface area contributed by atoms with Crippen LogP contribution in [-0.4, -0.2) is 21.2 Å². The van der Waals surface area contributed by atoms with E-state index >= 15 is 0 Å². The van der Waals surface area contributed by atoms with Crippen molar-refractivity contribution in [1.82, 2.24) is 20.5 Å². The Morgan fingerprint density at radius 2 is 2.28 bits per heavy atom. The molecule has 1 fully saturated rings. The van der Waals surface area contributed by atoms with Crippen LogP contribution in [0.4, 0.5) is 0 Å². The minimum absolute atomic E-state index is 0.506. The summed E-state index contributed by atoms with van der Waals surface area (Å²) in [6, 6.07) is 2.35. The van der Waals surface area contributed by atoms with Crippen LogP contribution in [0.2, 0.25) is 5.02 Å². The van der Waals surface area contributed by atoms with Crippen LogP contribution in [0, 0.1) is 0 Å². The van der Waals surface area contributed by atoms with Crippen molar-refractivity contribution in [3.63, 3.8) is 0 Å². The predicted molar refractivity (Wildman–Crippen MR) is 69.1 cm³/mol. The molecule has 0 aromatic carbocycles. The van der Waals surface area contributed by atoms with Crippen LogP contribution in [0.15, 0.2) is 18.5 Å². The number of halogens is 1. The molecule has 94 valence electrons. The maximum atomic E-state index is 5.82. The van der Waals surface area contributed by atoms with E-state index in [2.05, 4.69) is 20.5 Å². The van der Waals surface area contributed by atoms with Gasteiger partial charge in [-0.05, 0) is 12.8 Å². The normalized spacial score (nSPS) is 14.7. The van der Waals surface area contributed by atoms with Crippen molar-refractivity contribution in [3.05, 3.63) is 28.5 Å². The highest BCUT2D eigenvalue weighted by molar-refractivity contribution is 7.13. The van der Waals surface area contributed by atoms with E-state index in [9.17, 15) is 0 Å². The van der Waals surface area contributed by atoms with Gasteiger partial charge in [-0.2, -0.15) is 0 Å². The van der Waals surface area contributed by atoms with Crippen molar-refractivity contribution in [2.45, 2.75) is 25.4 Å². The summed E-state index contributed by atoms with van der Waals surface area (Å²) in [7, 11) is 0. The summed E-state index contributed by atoms with van der Waals surface area (Å²) < 4.78 is 5.53. The Morgan fingerprint density at radius 3 is 3.06 bits per heavy atom. The third-order valence-corrected chi connectivity index (χ3v) is 3.46. The molecule has 7 heteroatoms. The lowest BCUT2D eigenvalue weighted by atomic mass is 10.5. The minimum Gasteiger partial charge on any atom is -0.428 e. The zero-order valence-electron chi connectivity index (χ0n) is 9.47. The topological polar surface area (TPSA) is 59.9 Å². The second-order valence-corrected chi connectivity index (χ2v) is 5.52. The second kappa shape index (κ2) is 5.17. The Labute approximate surface area is 113 Å².